The van der Waals surface area contributed by atoms with E-state index in [4.69, 9.17) is 9.47 Å². The van der Waals surface area contributed by atoms with E-state index in [1.807, 2.05) is 0 Å². The van der Waals surface area contributed by atoms with E-state index in [1.165, 1.54) is 64.2 Å². The molecule has 16 heteroatoms. The van der Waals surface area contributed by atoms with Gasteiger partial charge in [0.05, 0.1) is 12.0 Å². The number of aliphatic imine (C=N–C) groups is 1. The first-order valence-electron chi connectivity index (χ1n) is 19.8. The van der Waals surface area contributed by atoms with Crippen LogP contribution in [0.1, 0.15) is 135 Å². The molecule has 0 radical (unpaired) electrons. The van der Waals surface area contributed by atoms with Crippen molar-refractivity contribution in [2.24, 2.45) is 4.99 Å². The van der Waals surface area contributed by atoms with Crippen LogP contribution in [-0.4, -0.2) is 110 Å². The molecule has 4 atom stereocenters. The SMILES string of the molecule is CCCCCCCCCCCC(=O)N(O)CCCC[C@H](NC(=O)[C@]1(C)COC(c2cccc(O)c2O)=N1)C(=O)O[C@@H](C)CC(=O)N[C@H]1CCCCN(O)C1=O. The Morgan fingerprint density at radius 3 is 2.44 bits per heavy atom. The highest BCUT2D eigenvalue weighted by Gasteiger charge is 2.42. The predicted molar refractivity (Wildman–Crippen MR) is 201 cm³/mol. The Morgan fingerprint density at radius 1 is 1.04 bits per heavy atom. The van der Waals surface area contributed by atoms with Gasteiger partial charge < -0.3 is 30.3 Å². The monoisotopic (exact) mass is 775 g/mol. The number of nitrogens with zero attached hydrogens (tertiary/aromatic N) is 3. The summed E-state index contributed by atoms with van der Waals surface area (Å²) in [6, 6.07) is 2.11. The van der Waals surface area contributed by atoms with E-state index in [9.17, 15) is 44.6 Å². The molecule has 0 bridgehead atoms. The van der Waals surface area contributed by atoms with Crippen molar-refractivity contribution in [2.45, 2.75) is 154 Å². The number of aromatic hydroxyl groups is 2. The number of hydrogen-bond donors (Lipinski definition) is 6. The van der Waals surface area contributed by atoms with Crippen LogP contribution in [0.25, 0.3) is 0 Å². The number of carbonyl (C=O) groups is 5. The van der Waals surface area contributed by atoms with Crippen molar-refractivity contribution in [1.29, 1.82) is 0 Å². The van der Waals surface area contributed by atoms with Crippen LogP contribution in [0.5, 0.6) is 11.5 Å². The van der Waals surface area contributed by atoms with Crippen molar-refractivity contribution < 1.29 is 54.1 Å². The van der Waals surface area contributed by atoms with E-state index in [0.29, 0.717) is 48.7 Å². The number of carbonyl (C=O) groups excluding carboxylic acids is 5. The minimum Gasteiger partial charge on any atom is -0.504 e. The largest absolute Gasteiger partial charge is 0.504 e. The normalized spacial score (nSPS) is 19.4. The van der Waals surface area contributed by atoms with Gasteiger partial charge in [0.25, 0.3) is 11.8 Å². The van der Waals surface area contributed by atoms with Crippen LogP contribution in [0.15, 0.2) is 23.2 Å². The number of hydroxylamine groups is 4. The molecule has 2 heterocycles. The summed E-state index contributed by atoms with van der Waals surface area (Å²) in [5, 5.41) is 46.9. The Morgan fingerprint density at radius 2 is 1.73 bits per heavy atom. The van der Waals surface area contributed by atoms with E-state index in [-0.39, 0.29) is 56.3 Å². The molecule has 1 aromatic rings. The fourth-order valence-electron chi connectivity index (χ4n) is 6.46. The topological polar surface area (TPSA) is 228 Å². The molecule has 6 N–H and O–H groups in total. The average Bonchev–Trinajstić information content (AvgIpc) is 3.49. The molecule has 1 fully saturated rings. The highest BCUT2D eigenvalue weighted by molar-refractivity contribution is 6.02. The van der Waals surface area contributed by atoms with Crippen molar-refractivity contribution in [3.8, 4) is 11.5 Å². The summed E-state index contributed by atoms with van der Waals surface area (Å²) in [6.45, 7) is 5.14. The third-order valence-corrected chi connectivity index (χ3v) is 9.85. The number of esters is 1. The Bertz CT molecular complexity index is 1470. The van der Waals surface area contributed by atoms with Crippen LogP contribution in [0.3, 0.4) is 0 Å². The predicted octanol–water partition coefficient (Wildman–Crippen LogP) is 4.64. The zero-order valence-electron chi connectivity index (χ0n) is 32.6. The second kappa shape index (κ2) is 22.8. The summed E-state index contributed by atoms with van der Waals surface area (Å²) in [4.78, 5) is 69.1. The van der Waals surface area contributed by atoms with Crippen molar-refractivity contribution in [1.82, 2.24) is 20.8 Å². The van der Waals surface area contributed by atoms with E-state index in [0.717, 1.165) is 19.3 Å². The molecular formula is C39H61N5O11. The molecule has 0 aromatic heterocycles. The lowest BCUT2D eigenvalue weighted by molar-refractivity contribution is -0.167. The number of phenols is 2. The molecule has 0 unspecified atom stereocenters. The number of hydrogen-bond acceptors (Lipinski definition) is 12. The summed E-state index contributed by atoms with van der Waals surface area (Å²) in [6.07, 6.45) is 11.2. The summed E-state index contributed by atoms with van der Waals surface area (Å²) in [5.74, 6) is -4.00. The maximum Gasteiger partial charge on any atom is 0.328 e. The van der Waals surface area contributed by atoms with Gasteiger partial charge in [-0.25, -0.2) is 19.9 Å². The average molecular weight is 776 g/mol. The smallest absolute Gasteiger partial charge is 0.328 e. The molecule has 308 valence electrons. The first kappa shape index (κ1) is 45.0. The second-order valence-electron chi connectivity index (χ2n) is 14.8. The standard InChI is InChI=1S/C39H61N5O11/c1-4-5-6-7-8-9-10-11-12-22-33(47)43(52)23-15-14-20-30(37(50)55-27(2)25-32(46)40-29-19-13-16-24-44(53)36(29)49)41-38(51)39(3)26-54-35(42-39)28-18-17-21-31(45)34(28)48/h17-18,21,27,29-30,45,48,52-53H,4-16,19-20,22-26H2,1-3H3,(H,40,46)(H,41,51)/t27-,29-,30-,39-/m0/s1. The zero-order valence-corrected chi connectivity index (χ0v) is 32.6. The van der Waals surface area contributed by atoms with Crippen LogP contribution < -0.4 is 10.6 Å². The number of nitrogens with one attached hydrogen (secondary N) is 2. The first-order valence-corrected chi connectivity index (χ1v) is 19.8. The van der Waals surface area contributed by atoms with Crippen molar-refractivity contribution >= 4 is 35.5 Å². The summed E-state index contributed by atoms with van der Waals surface area (Å²) < 4.78 is 11.2. The van der Waals surface area contributed by atoms with Gasteiger partial charge in [-0.2, -0.15) is 0 Å². The van der Waals surface area contributed by atoms with Crippen LogP contribution in [0, 0.1) is 0 Å². The Hall–Kier alpha value is -4.44. The van der Waals surface area contributed by atoms with Gasteiger partial charge >= 0.3 is 5.97 Å². The molecule has 1 saturated heterocycles. The molecule has 4 amide bonds. The van der Waals surface area contributed by atoms with Crippen molar-refractivity contribution in [3.63, 3.8) is 0 Å². The Labute approximate surface area is 323 Å². The number of unbranched alkanes of at least 4 members (excludes halogenated alkanes) is 9. The lowest BCUT2D eigenvalue weighted by Gasteiger charge is -2.25. The summed E-state index contributed by atoms with van der Waals surface area (Å²) in [7, 11) is 0. The number of benzene rings is 1. The van der Waals surface area contributed by atoms with Crippen molar-refractivity contribution in [2.75, 3.05) is 19.7 Å². The van der Waals surface area contributed by atoms with Gasteiger partial charge in [-0.15, -0.1) is 0 Å². The summed E-state index contributed by atoms with van der Waals surface area (Å²) >= 11 is 0. The third kappa shape index (κ3) is 14.6. The Kier molecular flexibility index (Phi) is 18.7. The number of amides is 4. The zero-order chi connectivity index (χ0) is 40.4. The van der Waals surface area contributed by atoms with Crippen LogP contribution in [-0.2, 0) is 33.4 Å². The molecule has 16 nitrogen and oxygen atoms in total. The molecule has 0 spiro atoms. The molecule has 0 aliphatic carbocycles. The summed E-state index contributed by atoms with van der Waals surface area (Å²) in [5.41, 5.74) is -1.44. The molecule has 3 rings (SSSR count). The second-order valence-corrected chi connectivity index (χ2v) is 14.8. The molecule has 55 heavy (non-hydrogen) atoms. The highest BCUT2D eigenvalue weighted by Crippen LogP contribution is 2.32. The van der Waals surface area contributed by atoms with Gasteiger partial charge in [0.2, 0.25) is 17.7 Å². The third-order valence-electron chi connectivity index (χ3n) is 9.85. The highest BCUT2D eigenvalue weighted by atomic mass is 16.5. The number of ether oxygens (including phenoxy) is 2. The first-order chi connectivity index (χ1) is 26.2. The van der Waals surface area contributed by atoms with E-state index in [2.05, 4.69) is 22.5 Å². The van der Waals surface area contributed by atoms with Crippen LogP contribution in [0.2, 0.25) is 0 Å². The minimum absolute atomic E-state index is 0.0281. The lowest BCUT2D eigenvalue weighted by atomic mass is 10.0. The van der Waals surface area contributed by atoms with Gasteiger partial charge in [0.1, 0.15) is 24.8 Å². The minimum atomic E-state index is -1.52. The fraction of sp³-hybridized carbons (Fsp3) is 0.692. The molecule has 1 aromatic carbocycles. The molecule has 0 saturated carbocycles. The maximum absolute atomic E-state index is 13.6. The van der Waals surface area contributed by atoms with Gasteiger partial charge in [-0.3, -0.25) is 29.6 Å². The van der Waals surface area contributed by atoms with Gasteiger partial charge in [-0.05, 0) is 70.9 Å². The number of phenolic OH excluding ortho intramolecular Hbond substituents is 2. The fourth-order valence-corrected chi connectivity index (χ4v) is 6.46. The molecular weight excluding hydrogens is 714 g/mol. The van der Waals surface area contributed by atoms with Crippen LogP contribution in [0.4, 0.5) is 0 Å². The number of para-hydroxylation sites is 1. The lowest BCUT2D eigenvalue weighted by Crippen LogP contribution is -2.52. The number of rotatable bonds is 23. The van der Waals surface area contributed by atoms with Crippen molar-refractivity contribution in [3.05, 3.63) is 23.8 Å². The Balaban J connectivity index is 1.57. The molecule has 2 aliphatic heterocycles. The van der Waals surface area contributed by atoms with Gasteiger partial charge in [0, 0.05) is 19.5 Å². The van der Waals surface area contributed by atoms with Gasteiger partial charge in [-0.1, -0.05) is 64.4 Å². The van der Waals surface area contributed by atoms with E-state index >= 15 is 0 Å². The van der Waals surface area contributed by atoms with Gasteiger partial charge in [0.15, 0.2) is 17.0 Å². The van der Waals surface area contributed by atoms with E-state index < -0.39 is 58.9 Å². The maximum atomic E-state index is 13.6. The molecule has 2 aliphatic rings. The quantitative estimate of drug-likeness (QED) is 0.0295. The van der Waals surface area contributed by atoms with Crippen LogP contribution >= 0.6 is 0 Å². The van der Waals surface area contributed by atoms with E-state index in [1.54, 1.807) is 0 Å².